The second kappa shape index (κ2) is 9.06. The molecule has 0 aromatic heterocycles. The van der Waals surface area contributed by atoms with E-state index in [4.69, 9.17) is 0 Å². The van der Waals surface area contributed by atoms with Crippen molar-refractivity contribution in [1.29, 1.82) is 0 Å². The fourth-order valence-electron chi connectivity index (χ4n) is 4.25. The van der Waals surface area contributed by atoms with E-state index in [2.05, 4.69) is 39.4 Å². The smallest absolute Gasteiger partial charge is 0.234 e. The lowest BCUT2D eigenvalue weighted by Crippen LogP contribution is -2.41. The van der Waals surface area contributed by atoms with Gasteiger partial charge in [0.2, 0.25) is 5.91 Å². The number of amides is 1. The molecule has 4 rings (SSSR count). The summed E-state index contributed by atoms with van der Waals surface area (Å²) in [7, 11) is 0. The Bertz CT molecular complexity index is 822. The molecule has 1 heterocycles. The molecule has 1 amide bonds. The highest BCUT2D eigenvalue weighted by Gasteiger charge is 2.44. The van der Waals surface area contributed by atoms with Crippen molar-refractivity contribution in [3.05, 3.63) is 71.5 Å². The Kier molecular flexibility index (Phi) is 6.26. The summed E-state index contributed by atoms with van der Waals surface area (Å²) in [4.78, 5) is 17.0. The first kappa shape index (κ1) is 20.0. The summed E-state index contributed by atoms with van der Waals surface area (Å²) in [6.45, 7) is 5.34. The number of nitrogens with zero attached hydrogens (tertiary/aromatic N) is 2. The van der Waals surface area contributed by atoms with Crippen LogP contribution in [-0.4, -0.2) is 55.0 Å². The Morgan fingerprint density at radius 2 is 1.62 bits per heavy atom. The molecule has 0 spiro atoms. The zero-order valence-corrected chi connectivity index (χ0v) is 16.9. The second-order valence-electron chi connectivity index (χ2n) is 8.42. The van der Waals surface area contributed by atoms with Gasteiger partial charge in [0.25, 0.3) is 0 Å². The molecule has 29 heavy (non-hydrogen) atoms. The van der Waals surface area contributed by atoms with E-state index in [0.717, 1.165) is 57.5 Å². The Morgan fingerprint density at radius 3 is 2.38 bits per heavy atom. The molecular weight excluding hydrogens is 365 g/mol. The predicted octanol–water partition coefficient (Wildman–Crippen LogP) is 3.18. The van der Waals surface area contributed by atoms with Crippen LogP contribution in [0.2, 0.25) is 0 Å². The van der Waals surface area contributed by atoms with Crippen LogP contribution in [0.4, 0.5) is 4.39 Å². The molecular formula is C24H30FN3O. The number of halogens is 1. The molecule has 1 saturated heterocycles. The summed E-state index contributed by atoms with van der Waals surface area (Å²) in [6, 6.07) is 17.5. The molecule has 1 aliphatic carbocycles. The summed E-state index contributed by atoms with van der Waals surface area (Å²) < 4.78 is 13.9. The average Bonchev–Trinajstić information content (AvgIpc) is 3.55. The van der Waals surface area contributed by atoms with Gasteiger partial charge in [-0.25, -0.2) is 4.39 Å². The Morgan fingerprint density at radius 1 is 0.931 bits per heavy atom. The van der Waals surface area contributed by atoms with Crippen LogP contribution in [0.15, 0.2) is 54.6 Å². The van der Waals surface area contributed by atoms with Gasteiger partial charge < -0.3 is 5.32 Å². The molecule has 5 heteroatoms. The van der Waals surface area contributed by atoms with E-state index in [1.807, 2.05) is 18.2 Å². The van der Waals surface area contributed by atoms with E-state index in [9.17, 15) is 9.18 Å². The van der Waals surface area contributed by atoms with Crippen molar-refractivity contribution in [3.8, 4) is 0 Å². The lowest BCUT2D eigenvalue weighted by Gasteiger charge is -2.22. The van der Waals surface area contributed by atoms with Crippen LogP contribution in [0.1, 0.15) is 30.4 Å². The van der Waals surface area contributed by atoms with Crippen molar-refractivity contribution in [2.45, 2.75) is 31.2 Å². The van der Waals surface area contributed by atoms with Gasteiger partial charge in [-0.05, 0) is 44.0 Å². The van der Waals surface area contributed by atoms with Crippen LogP contribution in [0.5, 0.6) is 0 Å². The highest BCUT2D eigenvalue weighted by atomic mass is 19.1. The molecule has 0 atom stereocenters. The topological polar surface area (TPSA) is 35.6 Å². The van der Waals surface area contributed by atoms with Gasteiger partial charge in [0.1, 0.15) is 5.82 Å². The molecule has 0 radical (unpaired) electrons. The van der Waals surface area contributed by atoms with Gasteiger partial charge in [0.15, 0.2) is 0 Å². The van der Waals surface area contributed by atoms with E-state index >= 15 is 0 Å². The molecule has 0 unspecified atom stereocenters. The first-order valence-electron chi connectivity index (χ1n) is 10.6. The minimum absolute atomic E-state index is 0.106. The van der Waals surface area contributed by atoms with E-state index in [0.29, 0.717) is 13.1 Å². The van der Waals surface area contributed by atoms with Gasteiger partial charge in [0, 0.05) is 37.2 Å². The maximum absolute atomic E-state index is 13.9. The summed E-state index contributed by atoms with van der Waals surface area (Å²) in [5.41, 5.74) is 2.22. The maximum atomic E-state index is 13.9. The number of nitrogens with one attached hydrogen (secondary N) is 1. The van der Waals surface area contributed by atoms with Crippen LogP contribution < -0.4 is 5.32 Å². The van der Waals surface area contributed by atoms with Gasteiger partial charge in [-0.15, -0.1) is 0 Å². The van der Waals surface area contributed by atoms with Crippen LogP contribution in [0.25, 0.3) is 0 Å². The lowest BCUT2D eigenvalue weighted by molar-refractivity contribution is -0.122. The highest BCUT2D eigenvalue weighted by Crippen LogP contribution is 2.47. The fourth-order valence-corrected chi connectivity index (χ4v) is 4.25. The van der Waals surface area contributed by atoms with Crippen molar-refractivity contribution in [3.63, 3.8) is 0 Å². The van der Waals surface area contributed by atoms with Gasteiger partial charge in [-0.2, -0.15) is 0 Å². The number of hydrogen-bond acceptors (Lipinski definition) is 3. The largest absolute Gasteiger partial charge is 0.354 e. The van der Waals surface area contributed by atoms with Gasteiger partial charge in [-0.3, -0.25) is 14.6 Å². The number of benzene rings is 2. The summed E-state index contributed by atoms with van der Waals surface area (Å²) >= 11 is 0. The molecule has 1 N–H and O–H groups in total. The number of hydrogen-bond donors (Lipinski definition) is 1. The average molecular weight is 396 g/mol. The third-order valence-corrected chi connectivity index (χ3v) is 6.26. The minimum Gasteiger partial charge on any atom is -0.354 e. The third-order valence-electron chi connectivity index (χ3n) is 6.26. The molecule has 0 bridgehead atoms. The van der Waals surface area contributed by atoms with Crippen LogP contribution in [0, 0.1) is 5.82 Å². The quantitative estimate of drug-likeness (QED) is 0.782. The SMILES string of the molecule is O=C(CN1CCCN(Cc2ccccc2F)CC1)NCC1(c2ccccc2)CC1. The molecule has 154 valence electrons. The minimum atomic E-state index is -0.139. The van der Waals surface area contributed by atoms with Crippen molar-refractivity contribution in [2.75, 3.05) is 39.3 Å². The monoisotopic (exact) mass is 395 g/mol. The molecule has 4 nitrogen and oxygen atoms in total. The lowest BCUT2D eigenvalue weighted by atomic mass is 9.96. The highest BCUT2D eigenvalue weighted by molar-refractivity contribution is 5.78. The van der Waals surface area contributed by atoms with Gasteiger partial charge in [0.05, 0.1) is 6.54 Å². The Hall–Kier alpha value is -2.24. The van der Waals surface area contributed by atoms with Crippen LogP contribution in [-0.2, 0) is 16.8 Å². The molecule has 2 aromatic carbocycles. The number of carbonyl (C=O) groups excluding carboxylic acids is 1. The van der Waals surface area contributed by atoms with Crippen molar-refractivity contribution in [1.82, 2.24) is 15.1 Å². The first-order chi connectivity index (χ1) is 14.1. The summed E-state index contributed by atoms with van der Waals surface area (Å²) in [5, 5.41) is 3.17. The summed E-state index contributed by atoms with van der Waals surface area (Å²) in [6.07, 6.45) is 3.29. The fraction of sp³-hybridized carbons (Fsp3) is 0.458. The molecule has 1 saturated carbocycles. The zero-order valence-electron chi connectivity index (χ0n) is 16.9. The van der Waals surface area contributed by atoms with Gasteiger partial charge in [-0.1, -0.05) is 48.5 Å². The van der Waals surface area contributed by atoms with E-state index in [1.54, 1.807) is 6.07 Å². The van der Waals surface area contributed by atoms with Crippen molar-refractivity contribution in [2.24, 2.45) is 0 Å². The van der Waals surface area contributed by atoms with Crippen molar-refractivity contribution >= 4 is 5.91 Å². The summed E-state index contributed by atoms with van der Waals surface area (Å²) in [5.74, 6) is -0.0323. The van der Waals surface area contributed by atoms with E-state index in [1.165, 1.54) is 11.6 Å². The Labute approximate surface area is 172 Å². The normalized spacial score (nSPS) is 19.5. The zero-order chi connectivity index (χ0) is 20.1. The van der Waals surface area contributed by atoms with E-state index < -0.39 is 0 Å². The Balaban J connectivity index is 1.23. The van der Waals surface area contributed by atoms with Crippen LogP contribution >= 0.6 is 0 Å². The molecule has 2 fully saturated rings. The van der Waals surface area contributed by atoms with E-state index in [-0.39, 0.29) is 17.1 Å². The molecule has 1 aliphatic heterocycles. The van der Waals surface area contributed by atoms with Crippen LogP contribution in [0.3, 0.4) is 0 Å². The predicted molar refractivity (Wildman–Crippen MR) is 113 cm³/mol. The maximum Gasteiger partial charge on any atom is 0.234 e. The van der Waals surface area contributed by atoms with Gasteiger partial charge >= 0.3 is 0 Å². The molecule has 2 aliphatic rings. The number of carbonyl (C=O) groups is 1. The number of rotatable bonds is 7. The second-order valence-corrected chi connectivity index (χ2v) is 8.42. The third kappa shape index (κ3) is 5.22. The first-order valence-corrected chi connectivity index (χ1v) is 10.6. The van der Waals surface area contributed by atoms with Crippen molar-refractivity contribution < 1.29 is 9.18 Å². The molecule has 2 aromatic rings. The standard InChI is InChI=1S/C24H30FN3O/c25-22-10-5-4-7-20(22)17-27-13-6-14-28(16-15-27)18-23(29)26-19-24(11-12-24)21-8-2-1-3-9-21/h1-5,7-10H,6,11-19H2,(H,26,29).